The van der Waals surface area contributed by atoms with Gasteiger partial charge in [0.25, 0.3) is 0 Å². The highest BCUT2D eigenvalue weighted by Crippen LogP contribution is 2.34. The van der Waals surface area contributed by atoms with Gasteiger partial charge in [0.05, 0.1) is 17.3 Å². The minimum absolute atomic E-state index is 0.301. The lowest BCUT2D eigenvalue weighted by Gasteiger charge is -2.31. The Morgan fingerprint density at radius 1 is 1.12 bits per heavy atom. The molecule has 2 aromatic carbocycles. The highest BCUT2D eigenvalue weighted by Gasteiger charge is 2.26. The Morgan fingerprint density at radius 3 is 2.68 bits per heavy atom. The molecule has 0 unspecified atom stereocenters. The van der Waals surface area contributed by atoms with Crippen molar-refractivity contribution in [3.05, 3.63) is 82.7 Å². The molecule has 0 fully saturated rings. The van der Waals surface area contributed by atoms with E-state index in [1.165, 1.54) is 5.56 Å². The average Bonchev–Trinajstić information content (AvgIpc) is 2.81. The first-order chi connectivity index (χ1) is 16.2. The standard InChI is InChI=1S/C28H29N3O3/c1-19-9-11-30-24(13-19)18-33-26-8-5-20(16-29)14-25(26)22-7-6-21-10-12-31(17-23(21)15-22)27(32)34-28(2,3)4/h5-9,11,13-15H,10,12,17-18H2,1-4H3. The maximum absolute atomic E-state index is 12.6. The molecule has 0 bridgehead atoms. The summed E-state index contributed by atoms with van der Waals surface area (Å²) in [4.78, 5) is 18.7. The van der Waals surface area contributed by atoms with Crippen molar-refractivity contribution in [1.82, 2.24) is 9.88 Å². The van der Waals surface area contributed by atoms with E-state index in [-0.39, 0.29) is 6.09 Å². The number of nitriles is 1. The van der Waals surface area contributed by atoms with Gasteiger partial charge in [-0.2, -0.15) is 5.26 Å². The SMILES string of the molecule is Cc1ccnc(COc2ccc(C#N)cc2-c2ccc3c(c2)CN(C(=O)OC(C)(C)C)CC3)c1. The summed E-state index contributed by atoms with van der Waals surface area (Å²) in [5.74, 6) is 0.682. The van der Waals surface area contributed by atoms with Gasteiger partial charge in [0.2, 0.25) is 0 Å². The molecule has 3 aromatic rings. The second-order valence-corrected chi connectivity index (χ2v) is 9.57. The molecule has 34 heavy (non-hydrogen) atoms. The first-order valence-electron chi connectivity index (χ1n) is 11.4. The molecule has 0 N–H and O–H groups in total. The molecule has 1 aromatic heterocycles. The minimum Gasteiger partial charge on any atom is -0.487 e. The van der Waals surface area contributed by atoms with Crippen LogP contribution in [0, 0.1) is 18.3 Å². The Kier molecular flexibility index (Phi) is 6.56. The highest BCUT2D eigenvalue weighted by molar-refractivity contribution is 5.74. The molecule has 0 aliphatic carbocycles. The number of hydrogen-bond acceptors (Lipinski definition) is 5. The first-order valence-corrected chi connectivity index (χ1v) is 11.4. The van der Waals surface area contributed by atoms with Gasteiger partial charge in [0.1, 0.15) is 18.0 Å². The van der Waals surface area contributed by atoms with Crippen LogP contribution < -0.4 is 4.74 Å². The summed E-state index contributed by atoms with van der Waals surface area (Å²) in [6, 6.07) is 17.8. The lowest BCUT2D eigenvalue weighted by Crippen LogP contribution is -2.39. The Bertz CT molecular complexity index is 1250. The molecule has 6 heteroatoms. The number of pyridine rings is 1. The van der Waals surface area contributed by atoms with Gasteiger partial charge < -0.3 is 14.4 Å². The summed E-state index contributed by atoms with van der Waals surface area (Å²) in [7, 11) is 0. The lowest BCUT2D eigenvalue weighted by molar-refractivity contribution is 0.0224. The van der Waals surface area contributed by atoms with Crippen molar-refractivity contribution in [3.63, 3.8) is 0 Å². The van der Waals surface area contributed by atoms with Gasteiger partial charge in [0.15, 0.2) is 0 Å². The number of benzene rings is 2. The number of aryl methyl sites for hydroxylation is 1. The zero-order chi connectivity index (χ0) is 24.3. The van der Waals surface area contributed by atoms with Gasteiger partial charge in [-0.05, 0) is 92.8 Å². The van der Waals surface area contributed by atoms with Crippen LogP contribution in [0.2, 0.25) is 0 Å². The molecular weight excluding hydrogens is 426 g/mol. The highest BCUT2D eigenvalue weighted by atomic mass is 16.6. The molecule has 0 spiro atoms. The van der Waals surface area contributed by atoms with Crippen LogP contribution in [-0.2, 0) is 24.3 Å². The van der Waals surface area contributed by atoms with Crippen molar-refractivity contribution in [2.24, 2.45) is 0 Å². The summed E-state index contributed by atoms with van der Waals surface area (Å²) < 4.78 is 11.7. The van der Waals surface area contributed by atoms with Gasteiger partial charge >= 0.3 is 6.09 Å². The van der Waals surface area contributed by atoms with E-state index in [0.29, 0.717) is 31.0 Å². The Balaban J connectivity index is 1.61. The maximum Gasteiger partial charge on any atom is 0.410 e. The summed E-state index contributed by atoms with van der Waals surface area (Å²) in [5, 5.41) is 9.46. The van der Waals surface area contributed by atoms with Crippen LogP contribution in [0.4, 0.5) is 4.79 Å². The number of amides is 1. The van der Waals surface area contributed by atoms with Crippen molar-refractivity contribution in [2.75, 3.05) is 6.54 Å². The second-order valence-electron chi connectivity index (χ2n) is 9.57. The fourth-order valence-corrected chi connectivity index (χ4v) is 3.99. The van der Waals surface area contributed by atoms with Crippen LogP contribution in [0.25, 0.3) is 11.1 Å². The van der Waals surface area contributed by atoms with Crippen LogP contribution >= 0.6 is 0 Å². The minimum atomic E-state index is -0.532. The third-order valence-corrected chi connectivity index (χ3v) is 5.64. The van der Waals surface area contributed by atoms with E-state index in [1.807, 2.05) is 52.0 Å². The fourth-order valence-electron chi connectivity index (χ4n) is 3.99. The molecule has 1 amide bonds. The van der Waals surface area contributed by atoms with Crippen molar-refractivity contribution in [2.45, 2.75) is 52.9 Å². The Labute approximate surface area is 200 Å². The van der Waals surface area contributed by atoms with Gasteiger partial charge in [-0.3, -0.25) is 4.98 Å². The number of rotatable bonds is 4. The molecule has 2 heterocycles. The zero-order valence-corrected chi connectivity index (χ0v) is 20.1. The monoisotopic (exact) mass is 455 g/mol. The van der Waals surface area contributed by atoms with Crippen LogP contribution in [0.5, 0.6) is 5.75 Å². The molecule has 1 aliphatic heterocycles. The number of hydrogen-bond donors (Lipinski definition) is 0. The number of carbonyl (C=O) groups excluding carboxylic acids is 1. The largest absolute Gasteiger partial charge is 0.487 e. The van der Waals surface area contributed by atoms with Crippen LogP contribution in [0.3, 0.4) is 0 Å². The summed E-state index contributed by atoms with van der Waals surface area (Å²) in [6.45, 7) is 9.08. The van der Waals surface area contributed by atoms with Crippen molar-refractivity contribution in [1.29, 1.82) is 5.26 Å². The normalized spacial score (nSPS) is 13.1. The van der Waals surface area contributed by atoms with Crippen molar-refractivity contribution >= 4 is 6.09 Å². The van der Waals surface area contributed by atoms with Gasteiger partial charge in [0, 0.05) is 24.8 Å². The zero-order valence-electron chi connectivity index (χ0n) is 20.1. The molecule has 4 rings (SSSR count). The number of fused-ring (bicyclic) bond motifs is 1. The van der Waals surface area contributed by atoms with Crippen LogP contribution in [0.1, 0.15) is 48.7 Å². The molecule has 6 nitrogen and oxygen atoms in total. The summed E-state index contributed by atoms with van der Waals surface area (Å²) in [6.07, 6.45) is 2.24. The predicted octanol–water partition coefficient (Wildman–Crippen LogP) is 5.80. The number of aromatic nitrogens is 1. The lowest BCUT2D eigenvalue weighted by atomic mass is 9.94. The van der Waals surface area contributed by atoms with Gasteiger partial charge in [-0.15, -0.1) is 0 Å². The van der Waals surface area contributed by atoms with E-state index in [9.17, 15) is 10.1 Å². The number of ether oxygens (including phenoxy) is 2. The van der Waals surface area contributed by atoms with E-state index in [0.717, 1.165) is 34.4 Å². The van der Waals surface area contributed by atoms with Crippen LogP contribution in [-0.4, -0.2) is 28.1 Å². The van der Waals surface area contributed by atoms with Crippen molar-refractivity contribution < 1.29 is 14.3 Å². The van der Waals surface area contributed by atoms with Crippen molar-refractivity contribution in [3.8, 4) is 22.9 Å². The van der Waals surface area contributed by atoms with Crippen LogP contribution in [0.15, 0.2) is 54.7 Å². The predicted molar refractivity (Wildman–Crippen MR) is 130 cm³/mol. The number of carbonyl (C=O) groups is 1. The van der Waals surface area contributed by atoms with E-state index >= 15 is 0 Å². The van der Waals surface area contributed by atoms with Gasteiger partial charge in [-0.1, -0.05) is 12.1 Å². The molecule has 0 saturated carbocycles. The third-order valence-electron chi connectivity index (χ3n) is 5.64. The summed E-state index contributed by atoms with van der Waals surface area (Å²) in [5.41, 5.74) is 6.05. The summed E-state index contributed by atoms with van der Waals surface area (Å²) >= 11 is 0. The number of nitrogens with zero attached hydrogens (tertiary/aromatic N) is 3. The molecule has 174 valence electrons. The molecule has 1 aliphatic rings. The molecular formula is C28H29N3O3. The molecule has 0 atom stereocenters. The van der Waals surface area contributed by atoms with E-state index in [2.05, 4.69) is 29.3 Å². The quantitative estimate of drug-likeness (QED) is 0.497. The molecule has 0 radical (unpaired) electrons. The maximum atomic E-state index is 12.6. The fraction of sp³-hybridized carbons (Fsp3) is 0.321. The Hall–Kier alpha value is -3.85. The topological polar surface area (TPSA) is 75.5 Å². The van der Waals surface area contributed by atoms with E-state index in [1.54, 1.807) is 17.2 Å². The van der Waals surface area contributed by atoms with Gasteiger partial charge in [-0.25, -0.2) is 4.79 Å². The smallest absolute Gasteiger partial charge is 0.410 e. The third kappa shape index (κ3) is 5.55. The molecule has 0 saturated heterocycles. The Morgan fingerprint density at radius 2 is 1.94 bits per heavy atom. The first kappa shape index (κ1) is 23.3. The van der Waals surface area contributed by atoms with E-state index in [4.69, 9.17) is 9.47 Å². The van der Waals surface area contributed by atoms with E-state index < -0.39 is 5.60 Å². The second kappa shape index (κ2) is 9.56. The average molecular weight is 456 g/mol.